The summed E-state index contributed by atoms with van der Waals surface area (Å²) in [6.45, 7) is 6.78. The standard InChI is InChI=1S/C17H30N6O2/c1-14-6-8-22(9-7-14)12-16-18-19-20-23(16)13-17(24)21(2)11-15-5-3-4-10-25-15/h14-15H,3-13H2,1-2H3. The number of amides is 1. The molecular formula is C17H30N6O2. The molecule has 2 fully saturated rings. The maximum Gasteiger partial charge on any atom is 0.244 e. The van der Waals surface area contributed by atoms with Gasteiger partial charge in [-0.1, -0.05) is 6.92 Å². The van der Waals surface area contributed by atoms with Gasteiger partial charge in [0.25, 0.3) is 0 Å². The van der Waals surface area contributed by atoms with Crippen LogP contribution < -0.4 is 0 Å². The van der Waals surface area contributed by atoms with Crippen LogP contribution in [0.25, 0.3) is 0 Å². The maximum atomic E-state index is 12.5. The summed E-state index contributed by atoms with van der Waals surface area (Å²) in [4.78, 5) is 16.6. The third-order valence-corrected chi connectivity index (χ3v) is 5.31. The Bertz CT molecular complexity index is 549. The fourth-order valence-corrected chi connectivity index (χ4v) is 3.49. The molecule has 1 aromatic rings. The molecule has 2 saturated heterocycles. The summed E-state index contributed by atoms with van der Waals surface area (Å²) in [6.07, 6.45) is 5.91. The van der Waals surface area contributed by atoms with E-state index in [1.807, 2.05) is 7.05 Å². The quantitative estimate of drug-likeness (QED) is 0.760. The van der Waals surface area contributed by atoms with Crippen molar-refractivity contribution in [1.29, 1.82) is 0 Å². The monoisotopic (exact) mass is 350 g/mol. The van der Waals surface area contributed by atoms with Crippen molar-refractivity contribution >= 4 is 5.91 Å². The van der Waals surface area contributed by atoms with E-state index in [-0.39, 0.29) is 18.6 Å². The van der Waals surface area contributed by atoms with Crippen molar-refractivity contribution in [3.8, 4) is 0 Å². The molecule has 140 valence electrons. The predicted octanol–water partition coefficient (Wildman–Crippen LogP) is 0.933. The van der Waals surface area contributed by atoms with Crippen molar-refractivity contribution in [1.82, 2.24) is 30.0 Å². The fourth-order valence-electron chi connectivity index (χ4n) is 3.49. The Morgan fingerprint density at radius 2 is 2.08 bits per heavy atom. The predicted molar refractivity (Wildman–Crippen MR) is 92.7 cm³/mol. The first-order valence-electron chi connectivity index (χ1n) is 9.45. The number of piperidine rings is 1. The summed E-state index contributed by atoms with van der Waals surface area (Å²) in [6, 6.07) is 0. The minimum Gasteiger partial charge on any atom is -0.376 e. The Morgan fingerprint density at radius 1 is 1.28 bits per heavy atom. The molecule has 1 atom stereocenters. The molecule has 0 bridgehead atoms. The van der Waals surface area contributed by atoms with E-state index in [0.717, 1.165) is 44.3 Å². The molecule has 3 rings (SSSR count). The number of hydrogen-bond acceptors (Lipinski definition) is 6. The van der Waals surface area contributed by atoms with Gasteiger partial charge in [0.1, 0.15) is 6.54 Å². The zero-order chi connectivity index (χ0) is 17.6. The highest BCUT2D eigenvalue weighted by molar-refractivity contribution is 5.75. The molecule has 0 aromatic carbocycles. The summed E-state index contributed by atoms with van der Waals surface area (Å²) in [5.74, 6) is 1.59. The van der Waals surface area contributed by atoms with Gasteiger partial charge in [-0.3, -0.25) is 9.69 Å². The number of likely N-dealkylation sites (tertiary alicyclic amines) is 1. The molecule has 1 amide bonds. The largest absolute Gasteiger partial charge is 0.376 e. The van der Waals surface area contributed by atoms with E-state index >= 15 is 0 Å². The lowest BCUT2D eigenvalue weighted by Crippen LogP contribution is -2.39. The normalized spacial score (nSPS) is 22.9. The maximum absolute atomic E-state index is 12.5. The zero-order valence-corrected chi connectivity index (χ0v) is 15.4. The number of nitrogens with zero attached hydrogens (tertiary/aromatic N) is 6. The Labute approximate surface area is 149 Å². The van der Waals surface area contributed by atoms with Gasteiger partial charge in [0, 0.05) is 20.2 Å². The summed E-state index contributed by atoms with van der Waals surface area (Å²) >= 11 is 0. The molecule has 0 radical (unpaired) electrons. The van der Waals surface area contributed by atoms with Crippen LogP contribution in [0.3, 0.4) is 0 Å². The van der Waals surface area contributed by atoms with Crippen molar-refractivity contribution in [2.45, 2.75) is 58.2 Å². The van der Waals surface area contributed by atoms with E-state index < -0.39 is 0 Å². The number of carbonyl (C=O) groups excluding carboxylic acids is 1. The molecule has 8 nitrogen and oxygen atoms in total. The second-order valence-electron chi connectivity index (χ2n) is 7.47. The van der Waals surface area contributed by atoms with Gasteiger partial charge < -0.3 is 9.64 Å². The minimum atomic E-state index is 0.0231. The number of rotatable bonds is 6. The first kappa shape index (κ1) is 18.3. The number of hydrogen-bond donors (Lipinski definition) is 0. The molecular weight excluding hydrogens is 320 g/mol. The van der Waals surface area contributed by atoms with Gasteiger partial charge in [-0.05, 0) is 61.5 Å². The van der Waals surface area contributed by atoms with Crippen molar-refractivity contribution in [3.05, 3.63) is 5.82 Å². The van der Waals surface area contributed by atoms with E-state index in [2.05, 4.69) is 27.3 Å². The molecule has 1 unspecified atom stereocenters. The summed E-state index contributed by atoms with van der Waals surface area (Å²) < 4.78 is 7.36. The van der Waals surface area contributed by atoms with Crippen molar-refractivity contribution < 1.29 is 9.53 Å². The highest BCUT2D eigenvalue weighted by atomic mass is 16.5. The first-order valence-corrected chi connectivity index (χ1v) is 9.45. The number of likely N-dealkylation sites (N-methyl/N-ethyl adjacent to an activating group) is 1. The van der Waals surface area contributed by atoms with Gasteiger partial charge in [0.2, 0.25) is 5.91 Å². The van der Waals surface area contributed by atoms with Crippen LogP contribution in [0.5, 0.6) is 0 Å². The van der Waals surface area contributed by atoms with Crippen LogP contribution in [0.1, 0.15) is 44.9 Å². The van der Waals surface area contributed by atoms with Crippen molar-refractivity contribution in [2.24, 2.45) is 5.92 Å². The molecule has 1 aromatic heterocycles. The molecule has 2 aliphatic rings. The smallest absolute Gasteiger partial charge is 0.244 e. The minimum absolute atomic E-state index is 0.0231. The summed E-state index contributed by atoms with van der Waals surface area (Å²) in [7, 11) is 1.83. The van der Waals surface area contributed by atoms with Crippen LogP contribution in [0, 0.1) is 5.92 Å². The Kier molecular flexibility index (Phi) is 6.36. The van der Waals surface area contributed by atoms with Gasteiger partial charge in [-0.2, -0.15) is 0 Å². The second-order valence-corrected chi connectivity index (χ2v) is 7.47. The average molecular weight is 350 g/mol. The highest BCUT2D eigenvalue weighted by Gasteiger charge is 2.22. The molecule has 2 aliphatic heterocycles. The molecule has 0 saturated carbocycles. The summed E-state index contributed by atoms with van der Waals surface area (Å²) in [5, 5.41) is 11.9. The first-order chi connectivity index (χ1) is 12.1. The topological polar surface area (TPSA) is 76.4 Å². The van der Waals surface area contributed by atoms with Crippen molar-refractivity contribution in [2.75, 3.05) is 33.3 Å². The van der Waals surface area contributed by atoms with Gasteiger partial charge in [0.15, 0.2) is 5.82 Å². The van der Waals surface area contributed by atoms with E-state index in [9.17, 15) is 4.79 Å². The Morgan fingerprint density at radius 3 is 2.80 bits per heavy atom. The second kappa shape index (κ2) is 8.71. The van der Waals surface area contributed by atoms with E-state index in [1.165, 1.54) is 19.3 Å². The van der Waals surface area contributed by atoms with Crippen LogP contribution >= 0.6 is 0 Å². The van der Waals surface area contributed by atoms with Gasteiger partial charge >= 0.3 is 0 Å². The van der Waals surface area contributed by atoms with Crippen LogP contribution in [0.4, 0.5) is 0 Å². The average Bonchev–Trinajstić information content (AvgIpc) is 3.04. The van der Waals surface area contributed by atoms with Crippen LogP contribution in [-0.2, 0) is 22.6 Å². The third-order valence-electron chi connectivity index (χ3n) is 5.31. The lowest BCUT2D eigenvalue weighted by Gasteiger charge is -2.29. The molecule has 3 heterocycles. The highest BCUT2D eigenvalue weighted by Crippen LogP contribution is 2.17. The number of tetrazole rings is 1. The molecule has 0 spiro atoms. The van der Waals surface area contributed by atoms with Gasteiger partial charge in [-0.25, -0.2) is 4.68 Å². The van der Waals surface area contributed by atoms with Crippen LogP contribution in [0.15, 0.2) is 0 Å². The lowest BCUT2D eigenvalue weighted by molar-refractivity contribution is -0.133. The zero-order valence-electron chi connectivity index (χ0n) is 15.4. The summed E-state index contributed by atoms with van der Waals surface area (Å²) in [5.41, 5.74) is 0. The van der Waals surface area contributed by atoms with E-state index in [4.69, 9.17) is 4.74 Å². The molecule has 0 aliphatic carbocycles. The van der Waals surface area contributed by atoms with Crippen LogP contribution in [0.2, 0.25) is 0 Å². The van der Waals surface area contributed by atoms with E-state index in [0.29, 0.717) is 13.1 Å². The van der Waals surface area contributed by atoms with Gasteiger partial charge in [0.05, 0.1) is 12.6 Å². The van der Waals surface area contributed by atoms with E-state index in [1.54, 1.807) is 9.58 Å². The molecule has 25 heavy (non-hydrogen) atoms. The molecule has 8 heteroatoms. The van der Waals surface area contributed by atoms with Crippen molar-refractivity contribution in [3.63, 3.8) is 0 Å². The number of aromatic nitrogens is 4. The van der Waals surface area contributed by atoms with Crippen LogP contribution in [-0.4, -0.2) is 75.3 Å². The number of carbonyl (C=O) groups is 1. The lowest BCUT2D eigenvalue weighted by atomic mass is 9.99. The number of ether oxygens (including phenoxy) is 1. The fraction of sp³-hybridized carbons (Fsp3) is 0.882. The Balaban J connectivity index is 1.50. The molecule has 0 N–H and O–H groups in total. The van der Waals surface area contributed by atoms with Gasteiger partial charge in [-0.15, -0.1) is 5.10 Å². The third kappa shape index (κ3) is 5.22. The SMILES string of the molecule is CC1CCN(Cc2nnnn2CC(=O)N(C)CC2CCCCO2)CC1. The Hall–Kier alpha value is -1.54.